The van der Waals surface area contributed by atoms with Crippen molar-refractivity contribution in [2.75, 3.05) is 6.54 Å². The summed E-state index contributed by atoms with van der Waals surface area (Å²) in [6, 6.07) is 0. The first-order valence-electron chi connectivity index (χ1n) is 7.66. The molecule has 0 aromatic heterocycles. The van der Waals surface area contributed by atoms with E-state index in [0.717, 1.165) is 19.4 Å². The van der Waals surface area contributed by atoms with E-state index in [-0.39, 0.29) is 11.3 Å². The molecule has 2 fully saturated rings. The highest BCUT2D eigenvalue weighted by Crippen LogP contribution is 2.29. The second-order valence-corrected chi connectivity index (χ2v) is 6.63. The van der Waals surface area contributed by atoms with Crippen LogP contribution in [-0.2, 0) is 4.79 Å². The minimum absolute atomic E-state index is 0.248. The topological polar surface area (TPSA) is 29.1 Å². The molecule has 2 nitrogen and oxygen atoms in total. The number of rotatable bonds is 4. The molecule has 0 aromatic rings. The molecule has 18 heavy (non-hydrogen) atoms. The number of carbonyl (C=O) groups excluding carboxylic acids is 1. The van der Waals surface area contributed by atoms with E-state index in [2.05, 4.69) is 5.32 Å². The van der Waals surface area contributed by atoms with Crippen LogP contribution in [0.1, 0.15) is 64.2 Å². The second-order valence-electron chi connectivity index (χ2n) is 6.07. The molecule has 0 radical (unpaired) electrons. The van der Waals surface area contributed by atoms with Crippen molar-refractivity contribution in [3.63, 3.8) is 0 Å². The number of hydrogen-bond acceptors (Lipinski definition) is 1. The summed E-state index contributed by atoms with van der Waals surface area (Å²) in [5.41, 5.74) is 0. The van der Waals surface area contributed by atoms with Gasteiger partial charge in [-0.05, 0) is 37.5 Å². The van der Waals surface area contributed by atoms with E-state index in [1.807, 2.05) is 0 Å². The van der Waals surface area contributed by atoms with E-state index in [1.54, 1.807) is 0 Å². The molecule has 1 amide bonds. The average molecular weight is 272 g/mol. The summed E-state index contributed by atoms with van der Waals surface area (Å²) >= 11 is 6.22. The summed E-state index contributed by atoms with van der Waals surface area (Å²) in [5, 5.41) is 3.38. The lowest BCUT2D eigenvalue weighted by Crippen LogP contribution is -2.32. The molecule has 2 unspecified atom stereocenters. The molecular formula is C15H26ClNO. The lowest BCUT2D eigenvalue weighted by atomic mass is 9.96. The van der Waals surface area contributed by atoms with Crippen LogP contribution in [0.2, 0.25) is 0 Å². The smallest absolute Gasteiger partial charge is 0.220 e. The molecule has 0 saturated heterocycles. The van der Waals surface area contributed by atoms with Crippen LogP contribution in [0.25, 0.3) is 0 Å². The Morgan fingerprint density at radius 3 is 2.33 bits per heavy atom. The fourth-order valence-corrected chi connectivity index (χ4v) is 3.74. The SMILES string of the molecule is O=C(CC1CCCCCC1)NCC1CCCC1Cl. The van der Waals surface area contributed by atoms with E-state index in [1.165, 1.54) is 51.4 Å². The molecule has 2 rings (SSSR count). The van der Waals surface area contributed by atoms with Gasteiger partial charge in [-0.3, -0.25) is 4.79 Å². The van der Waals surface area contributed by atoms with Gasteiger partial charge in [-0.15, -0.1) is 11.6 Å². The summed E-state index contributed by atoms with van der Waals surface area (Å²) in [7, 11) is 0. The van der Waals surface area contributed by atoms with Crippen LogP contribution in [0.5, 0.6) is 0 Å². The van der Waals surface area contributed by atoms with E-state index in [4.69, 9.17) is 11.6 Å². The highest BCUT2D eigenvalue weighted by atomic mass is 35.5. The Morgan fingerprint density at radius 2 is 1.72 bits per heavy atom. The molecule has 2 aliphatic rings. The molecule has 3 heteroatoms. The lowest BCUT2D eigenvalue weighted by Gasteiger charge is -2.17. The van der Waals surface area contributed by atoms with Crippen LogP contribution in [0, 0.1) is 11.8 Å². The summed E-state index contributed by atoms with van der Waals surface area (Å²) in [5.74, 6) is 1.38. The van der Waals surface area contributed by atoms with Gasteiger partial charge in [0.25, 0.3) is 0 Å². The molecule has 1 N–H and O–H groups in total. The molecule has 2 saturated carbocycles. The predicted octanol–water partition coefficient (Wildman–Crippen LogP) is 3.87. The summed E-state index contributed by atoms with van der Waals surface area (Å²) in [4.78, 5) is 11.9. The van der Waals surface area contributed by atoms with Crippen LogP contribution in [0.4, 0.5) is 0 Å². The third-order valence-corrected chi connectivity index (χ3v) is 5.15. The zero-order valence-electron chi connectivity index (χ0n) is 11.3. The zero-order chi connectivity index (χ0) is 12.8. The third-order valence-electron chi connectivity index (χ3n) is 4.58. The van der Waals surface area contributed by atoms with Crippen molar-refractivity contribution in [1.82, 2.24) is 5.32 Å². The Bertz CT molecular complexity index is 261. The van der Waals surface area contributed by atoms with Crippen LogP contribution < -0.4 is 5.32 Å². The molecule has 0 bridgehead atoms. The Morgan fingerprint density at radius 1 is 1.00 bits per heavy atom. The second kappa shape index (κ2) is 7.37. The van der Waals surface area contributed by atoms with Crippen molar-refractivity contribution >= 4 is 17.5 Å². The zero-order valence-corrected chi connectivity index (χ0v) is 12.1. The van der Waals surface area contributed by atoms with Gasteiger partial charge in [0.2, 0.25) is 5.91 Å². The standard InChI is InChI=1S/C15H26ClNO/c16-14-9-5-8-13(14)11-17-15(18)10-12-6-3-1-2-4-7-12/h12-14H,1-11H2,(H,17,18). The fourth-order valence-electron chi connectivity index (χ4n) is 3.37. The molecule has 0 aromatic carbocycles. The molecule has 2 aliphatic carbocycles. The van der Waals surface area contributed by atoms with Crippen molar-refractivity contribution < 1.29 is 4.79 Å². The molecule has 0 spiro atoms. The summed E-state index contributed by atoms with van der Waals surface area (Å²) in [6.07, 6.45) is 12.1. The van der Waals surface area contributed by atoms with Gasteiger partial charge in [0.1, 0.15) is 0 Å². The minimum atomic E-state index is 0.248. The quantitative estimate of drug-likeness (QED) is 0.610. The minimum Gasteiger partial charge on any atom is -0.356 e. The van der Waals surface area contributed by atoms with Gasteiger partial charge in [-0.2, -0.15) is 0 Å². The normalized spacial score (nSPS) is 30.1. The van der Waals surface area contributed by atoms with E-state index >= 15 is 0 Å². The van der Waals surface area contributed by atoms with Crippen molar-refractivity contribution in [2.24, 2.45) is 11.8 Å². The van der Waals surface area contributed by atoms with Gasteiger partial charge < -0.3 is 5.32 Å². The predicted molar refractivity (Wildman–Crippen MR) is 75.8 cm³/mol. The first kappa shape index (κ1) is 14.2. The van der Waals surface area contributed by atoms with Gasteiger partial charge in [0.05, 0.1) is 0 Å². The monoisotopic (exact) mass is 271 g/mol. The number of amides is 1. The lowest BCUT2D eigenvalue weighted by molar-refractivity contribution is -0.122. The highest BCUT2D eigenvalue weighted by Gasteiger charge is 2.25. The van der Waals surface area contributed by atoms with Crippen LogP contribution >= 0.6 is 11.6 Å². The Labute approximate surface area is 116 Å². The first-order valence-corrected chi connectivity index (χ1v) is 8.10. The van der Waals surface area contributed by atoms with E-state index < -0.39 is 0 Å². The van der Waals surface area contributed by atoms with Crippen molar-refractivity contribution in [1.29, 1.82) is 0 Å². The summed E-state index contributed by atoms with van der Waals surface area (Å²) < 4.78 is 0. The van der Waals surface area contributed by atoms with Gasteiger partial charge in [-0.25, -0.2) is 0 Å². The van der Waals surface area contributed by atoms with Crippen molar-refractivity contribution in [2.45, 2.75) is 69.6 Å². The fraction of sp³-hybridized carbons (Fsp3) is 0.933. The van der Waals surface area contributed by atoms with Gasteiger partial charge in [-0.1, -0.05) is 32.1 Å². The van der Waals surface area contributed by atoms with Crippen LogP contribution in [0.15, 0.2) is 0 Å². The Kier molecular flexibility index (Phi) is 5.81. The maximum atomic E-state index is 11.9. The average Bonchev–Trinajstić information content (AvgIpc) is 2.61. The number of hydrogen-bond donors (Lipinski definition) is 1. The molecule has 0 aliphatic heterocycles. The maximum Gasteiger partial charge on any atom is 0.220 e. The number of nitrogens with one attached hydrogen (secondary N) is 1. The van der Waals surface area contributed by atoms with Crippen molar-refractivity contribution in [3.8, 4) is 0 Å². The molecule has 0 heterocycles. The molecule has 104 valence electrons. The summed E-state index contributed by atoms with van der Waals surface area (Å²) in [6.45, 7) is 0.791. The third kappa shape index (κ3) is 4.46. The first-order chi connectivity index (χ1) is 8.75. The largest absolute Gasteiger partial charge is 0.356 e. The van der Waals surface area contributed by atoms with E-state index in [0.29, 0.717) is 11.8 Å². The molecule has 2 atom stereocenters. The Balaban J connectivity index is 1.64. The van der Waals surface area contributed by atoms with Gasteiger partial charge in [0.15, 0.2) is 0 Å². The maximum absolute atomic E-state index is 11.9. The Hall–Kier alpha value is -0.240. The van der Waals surface area contributed by atoms with E-state index in [9.17, 15) is 4.79 Å². The number of carbonyl (C=O) groups is 1. The number of alkyl halides is 1. The highest BCUT2D eigenvalue weighted by molar-refractivity contribution is 6.20. The van der Waals surface area contributed by atoms with Crippen LogP contribution in [0.3, 0.4) is 0 Å². The molecular weight excluding hydrogens is 246 g/mol. The number of halogens is 1. The van der Waals surface area contributed by atoms with Gasteiger partial charge in [0, 0.05) is 18.3 Å². The van der Waals surface area contributed by atoms with Crippen molar-refractivity contribution in [3.05, 3.63) is 0 Å². The van der Waals surface area contributed by atoms with Gasteiger partial charge >= 0.3 is 0 Å². The van der Waals surface area contributed by atoms with Crippen LogP contribution in [-0.4, -0.2) is 17.8 Å².